The quantitative estimate of drug-likeness (QED) is 0.810. The molecule has 0 saturated carbocycles. The van der Waals surface area contributed by atoms with E-state index in [1.807, 2.05) is 35.2 Å². The third kappa shape index (κ3) is 2.72. The maximum absolute atomic E-state index is 13.1. The van der Waals surface area contributed by atoms with E-state index in [0.717, 1.165) is 36.9 Å². The molecule has 0 bridgehead atoms. The fourth-order valence-corrected chi connectivity index (χ4v) is 4.17. The molecule has 0 radical (unpaired) electrons. The molecule has 128 valence electrons. The molecule has 25 heavy (non-hydrogen) atoms. The van der Waals surface area contributed by atoms with Gasteiger partial charge in [-0.3, -0.25) is 4.79 Å². The monoisotopic (exact) mass is 335 g/mol. The fourth-order valence-electron chi connectivity index (χ4n) is 4.17. The molecule has 1 saturated heterocycles. The molecule has 2 aliphatic rings. The largest absolute Gasteiger partial charge is 0.465 e. The second kappa shape index (κ2) is 6.03. The number of carbonyl (C=O) groups excluding carboxylic acids is 2. The van der Waals surface area contributed by atoms with Crippen molar-refractivity contribution in [2.24, 2.45) is 5.41 Å². The number of hydrogen-bond acceptors (Lipinski definition) is 3. The lowest BCUT2D eigenvalue weighted by molar-refractivity contribution is -0.136. The lowest BCUT2D eigenvalue weighted by atomic mass is 9.83. The number of benzene rings is 2. The number of rotatable bonds is 3. The highest BCUT2D eigenvalue weighted by Gasteiger charge is 2.49. The minimum absolute atomic E-state index is 0.243. The van der Waals surface area contributed by atoms with Crippen molar-refractivity contribution in [1.29, 1.82) is 0 Å². The molecule has 0 unspecified atom stereocenters. The van der Waals surface area contributed by atoms with E-state index < -0.39 is 0 Å². The van der Waals surface area contributed by atoms with E-state index in [-0.39, 0.29) is 17.3 Å². The Morgan fingerprint density at radius 1 is 1.12 bits per heavy atom. The number of amides is 1. The molecule has 4 rings (SSSR count). The summed E-state index contributed by atoms with van der Waals surface area (Å²) in [6.45, 7) is 1.47. The summed E-state index contributed by atoms with van der Waals surface area (Å²) in [4.78, 5) is 26.8. The number of carbonyl (C=O) groups is 2. The third-order valence-electron chi connectivity index (χ3n) is 5.50. The van der Waals surface area contributed by atoms with Gasteiger partial charge in [0, 0.05) is 13.1 Å². The van der Waals surface area contributed by atoms with Gasteiger partial charge in [0.15, 0.2) is 0 Å². The fraction of sp³-hybridized carbons (Fsp3) is 0.333. The van der Waals surface area contributed by atoms with E-state index in [9.17, 15) is 9.59 Å². The van der Waals surface area contributed by atoms with Gasteiger partial charge < -0.3 is 9.64 Å². The second-order valence-electron chi connectivity index (χ2n) is 7.07. The molecule has 2 aromatic carbocycles. The summed E-state index contributed by atoms with van der Waals surface area (Å²) >= 11 is 0. The van der Waals surface area contributed by atoms with Crippen molar-refractivity contribution in [3.63, 3.8) is 0 Å². The number of fused-ring (bicyclic) bond motifs is 1. The van der Waals surface area contributed by atoms with Gasteiger partial charge in [0.2, 0.25) is 5.91 Å². The minimum atomic E-state index is -0.328. The first kappa shape index (κ1) is 15.9. The molecule has 4 heteroatoms. The minimum Gasteiger partial charge on any atom is -0.465 e. The van der Waals surface area contributed by atoms with Crippen molar-refractivity contribution < 1.29 is 14.3 Å². The molecule has 1 aliphatic carbocycles. The Kier molecular flexibility index (Phi) is 3.83. The highest BCUT2D eigenvalue weighted by molar-refractivity contribution is 5.90. The van der Waals surface area contributed by atoms with Crippen molar-refractivity contribution >= 4 is 11.9 Å². The zero-order valence-corrected chi connectivity index (χ0v) is 14.3. The molecule has 1 amide bonds. The van der Waals surface area contributed by atoms with Crippen LogP contribution in [0.25, 0.3) is 0 Å². The van der Waals surface area contributed by atoms with Crippen molar-refractivity contribution in [2.45, 2.75) is 25.8 Å². The van der Waals surface area contributed by atoms with Crippen LogP contribution in [0.15, 0.2) is 48.5 Å². The van der Waals surface area contributed by atoms with E-state index in [1.54, 1.807) is 6.07 Å². The molecule has 1 heterocycles. The van der Waals surface area contributed by atoms with E-state index in [0.29, 0.717) is 12.1 Å². The van der Waals surface area contributed by atoms with Gasteiger partial charge >= 0.3 is 5.97 Å². The maximum atomic E-state index is 13.1. The lowest BCUT2D eigenvalue weighted by Crippen LogP contribution is -2.34. The highest BCUT2D eigenvalue weighted by atomic mass is 16.5. The zero-order valence-electron chi connectivity index (χ0n) is 14.3. The lowest BCUT2D eigenvalue weighted by Gasteiger charge is -2.22. The molecular formula is C21H21NO3. The molecule has 1 atom stereocenters. The van der Waals surface area contributed by atoms with Gasteiger partial charge in [-0.05, 0) is 48.1 Å². The summed E-state index contributed by atoms with van der Waals surface area (Å²) in [5, 5.41) is 0. The third-order valence-corrected chi connectivity index (χ3v) is 5.50. The van der Waals surface area contributed by atoms with Gasteiger partial charge in [-0.15, -0.1) is 0 Å². The van der Waals surface area contributed by atoms with Crippen LogP contribution in [0.5, 0.6) is 0 Å². The van der Waals surface area contributed by atoms with Crippen molar-refractivity contribution in [2.75, 3.05) is 13.7 Å². The Morgan fingerprint density at radius 2 is 1.88 bits per heavy atom. The van der Waals surface area contributed by atoms with Crippen LogP contribution < -0.4 is 0 Å². The Bertz CT molecular complexity index is 830. The standard InChI is InChI=1S/C21H21NO3/c1-25-19(23)16-7-8-17-12-21(13-18(17)11-16)9-10-22(20(21)24)14-15-5-3-2-4-6-15/h2-8,11H,9-10,12-14H2,1H3/t21-/m1/s1. The van der Waals surface area contributed by atoms with Crippen LogP contribution in [-0.4, -0.2) is 30.4 Å². The van der Waals surface area contributed by atoms with Crippen LogP contribution in [0.1, 0.15) is 33.5 Å². The van der Waals surface area contributed by atoms with Gasteiger partial charge in [0.05, 0.1) is 18.1 Å². The Morgan fingerprint density at radius 3 is 2.64 bits per heavy atom. The smallest absolute Gasteiger partial charge is 0.337 e. The molecule has 1 spiro atoms. The van der Waals surface area contributed by atoms with Crippen LogP contribution >= 0.6 is 0 Å². The van der Waals surface area contributed by atoms with Gasteiger partial charge in [-0.2, -0.15) is 0 Å². The summed E-state index contributed by atoms with van der Waals surface area (Å²) in [6.07, 6.45) is 2.37. The van der Waals surface area contributed by atoms with Crippen molar-refractivity contribution in [3.8, 4) is 0 Å². The summed E-state index contributed by atoms with van der Waals surface area (Å²) in [5.41, 5.74) is 3.69. The van der Waals surface area contributed by atoms with E-state index in [2.05, 4.69) is 12.1 Å². The van der Waals surface area contributed by atoms with Gasteiger partial charge in [0.25, 0.3) is 0 Å². The Hall–Kier alpha value is -2.62. The van der Waals surface area contributed by atoms with Crippen LogP contribution in [0, 0.1) is 5.41 Å². The number of esters is 1. The van der Waals surface area contributed by atoms with E-state index in [4.69, 9.17) is 4.74 Å². The van der Waals surface area contributed by atoms with E-state index >= 15 is 0 Å². The first-order valence-corrected chi connectivity index (χ1v) is 8.65. The Labute approximate surface area is 147 Å². The maximum Gasteiger partial charge on any atom is 0.337 e. The summed E-state index contributed by atoms with van der Waals surface area (Å²) in [6, 6.07) is 15.8. The Balaban J connectivity index is 1.54. The zero-order chi connectivity index (χ0) is 17.4. The van der Waals surface area contributed by atoms with Crippen LogP contribution in [0.2, 0.25) is 0 Å². The molecule has 0 N–H and O–H groups in total. The predicted octanol–water partition coefficient (Wildman–Crippen LogP) is 2.99. The van der Waals surface area contributed by atoms with Crippen molar-refractivity contribution in [1.82, 2.24) is 4.90 Å². The average Bonchev–Trinajstić information content (AvgIpc) is 3.16. The van der Waals surface area contributed by atoms with Gasteiger partial charge in [-0.25, -0.2) is 4.79 Å². The number of methoxy groups -OCH3 is 1. The summed E-state index contributed by atoms with van der Waals surface area (Å²) in [5.74, 6) is -0.0839. The van der Waals surface area contributed by atoms with Crippen LogP contribution in [0.3, 0.4) is 0 Å². The predicted molar refractivity (Wildman–Crippen MR) is 94.1 cm³/mol. The molecule has 2 aromatic rings. The SMILES string of the molecule is COC(=O)c1ccc2c(c1)C[C@@]1(CCN(Cc3ccccc3)C1=O)C2. The molecule has 0 aromatic heterocycles. The van der Waals surface area contributed by atoms with Crippen LogP contribution in [-0.2, 0) is 28.9 Å². The van der Waals surface area contributed by atoms with Gasteiger partial charge in [0.1, 0.15) is 0 Å². The number of ether oxygens (including phenoxy) is 1. The normalized spacial score (nSPS) is 21.6. The van der Waals surface area contributed by atoms with Crippen LogP contribution in [0.4, 0.5) is 0 Å². The first-order valence-electron chi connectivity index (χ1n) is 8.65. The molecular weight excluding hydrogens is 314 g/mol. The summed E-state index contributed by atoms with van der Waals surface area (Å²) in [7, 11) is 1.39. The molecule has 1 aliphatic heterocycles. The molecule has 4 nitrogen and oxygen atoms in total. The first-order chi connectivity index (χ1) is 12.1. The number of likely N-dealkylation sites (tertiary alicyclic amines) is 1. The van der Waals surface area contributed by atoms with Gasteiger partial charge in [-0.1, -0.05) is 36.4 Å². The number of nitrogens with zero attached hydrogens (tertiary/aromatic N) is 1. The topological polar surface area (TPSA) is 46.6 Å². The average molecular weight is 335 g/mol. The molecule has 1 fully saturated rings. The highest BCUT2D eigenvalue weighted by Crippen LogP contribution is 2.45. The summed E-state index contributed by atoms with van der Waals surface area (Å²) < 4.78 is 4.80. The van der Waals surface area contributed by atoms with Crippen molar-refractivity contribution in [3.05, 3.63) is 70.8 Å². The van der Waals surface area contributed by atoms with E-state index in [1.165, 1.54) is 12.7 Å². The second-order valence-corrected chi connectivity index (χ2v) is 7.07. The number of hydrogen-bond donors (Lipinski definition) is 0.